The molecule has 3 aromatic rings. The number of nitrogens with zero attached hydrogens (tertiary/aromatic N) is 1. The molecule has 1 fully saturated rings. The summed E-state index contributed by atoms with van der Waals surface area (Å²) < 4.78 is 19.4. The van der Waals surface area contributed by atoms with Crippen molar-refractivity contribution in [2.24, 2.45) is 0 Å². The SMILES string of the molecule is COc1ccc(/C=C2/NC(=S)N(Cc3ccco3)C2=O)cc1COc1c(Br)cc(Br)cc1Br. The molecule has 0 spiro atoms. The Labute approximate surface area is 221 Å². The maximum atomic E-state index is 12.9. The summed E-state index contributed by atoms with van der Waals surface area (Å²) in [5.74, 6) is 1.80. The zero-order valence-electron chi connectivity index (χ0n) is 17.2. The van der Waals surface area contributed by atoms with E-state index in [1.54, 1.807) is 31.6 Å². The van der Waals surface area contributed by atoms with Gasteiger partial charge in [-0.3, -0.25) is 9.69 Å². The normalized spacial score (nSPS) is 14.7. The number of halogens is 3. The lowest BCUT2D eigenvalue weighted by Gasteiger charge is -2.14. The molecule has 2 heterocycles. The second kappa shape index (κ2) is 10.4. The number of benzene rings is 2. The van der Waals surface area contributed by atoms with Crippen molar-refractivity contribution in [2.75, 3.05) is 7.11 Å². The molecule has 1 N–H and O–H groups in total. The van der Waals surface area contributed by atoms with Crippen LogP contribution in [0.25, 0.3) is 6.08 Å². The molecule has 4 rings (SSSR count). The molecule has 1 saturated heterocycles. The first-order valence-corrected chi connectivity index (χ1v) is 12.5. The van der Waals surface area contributed by atoms with E-state index in [0.717, 1.165) is 24.5 Å². The number of thiocarbonyl (C=S) groups is 1. The molecule has 0 radical (unpaired) electrons. The van der Waals surface area contributed by atoms with Crippen molar-refractivity contribution < 1.29 is 18.7 Å². The van der Waals surface area contributed by atoms with Gasteiger partial charge in [0.15, 0.2) is 5.11 Å². The third-order valence-corrected chi connectivity index (χ3v) is 6.77. The van der Waals surface area contributed by atoms with E-state index in [1.807, 2.05) is 30.3 Å². The molecular weight excluding hydrogens is 640 g/mol. The summed E-state index contributed by atoms with van der Waals surface area (Å²) in [6.45, 7) is 0.539. The van der Waals surface area contributed by atoms with Crippen LogP contribution < -0.4 is 14.8 Å². The van der Waals surface area contributed by atoms with E-state index < -0.39 is 0 Å². The summed E-state index contributed by atoms with van der Waals surface area (Å²) in [6.07, 6.45) is 3.32. The summed E-state index contributed by atoms with van der Waals surface area (Å²) >= 11 is 15.8. The number of amides is 1. The van der Waals surface area contributed by atoms with E-state index in [1.165, 1.54) is 4.90 Å². The Kier molecular flexibility index (Phi) is 7.58. The molecule has 0 saturated carbocycles. The highest BCUT2D eigenvalue weighted by molar-refractivity contribution is 9.11. The van der Waals surface area contributed by atoms with Crippen LogP contribution in [0.5, 0.6) is 11.5 Å². The molecule has 33 heavy (non-hydrogen) atoms. The van der Waals surface area contributed by atoms with Crippen molar-refractivity contribution in [2.45, 2.75) is 13.2 Å². The van der Waals surface area contributed by atoms with Gasteiger partial charge in [0.2, 0.25) is 0 Å². The zero-order chi connectivity index (χ0) is 23.5. The fourth-order valence-electron chi connectivity index (χ4n) is 3.26. The van der Waals surface area contributed by atoms with E-state index in [2.05, 4.69) is 53.1 Å². The predicted molar refractivity (Wildman–Crippen MR) is 140 cm³/mol. The standard InChI is InChI=1S/C23H17Br3N2O4S/c1-30-20-5-4-13(7-14(20)12-32-21-17(25)9-15(24)10-18(21)26)8-19-22(29)28(23(33)27-19)11-16-3-2-6-31-16/h2-10H,11-12H2,1H3,(H,27,33)/b19-8+. The highest BCUT2D eigenvalue weighted by Crippen LogP contribution is 2.37. The van der Waals surface area contributed by atoms with Gasteiger partial charge in [-0.15, -0.1) is 0 Å². The van der Waals surface area contributed by atoms with Crippen molar-refractivity contribution >= 4 is 77.1 Å². The number of hydrogen-bond donors (Lipinski definition) is 1. The summed E-state index contributed by atoms with van der Waals surface area (Å²) in [4.78, 5) is 14.3. The average Bonchev–Trinajstić information content (AvgIpc) is 3.37. The van der Waals surface area contributed by atoms with Crippen LogP contribution in [0.4, 0.5) is 0 Å². The van der Waals surface area contributed by atoms with Crippen LogP contribution in [0.1, 0.15) is 16.9 Å². The van der Waals surface area contributed by atoms with Gasteiger partial charge in [0, 0.05) is 10.0 Å². The van der Waals surface area contributed by atoms with Gasteiger partial charge in [-0.2, -0.15) is 0 Å². The number of carbonyl (C=O) groups excluding carboxylic acids is 1. The minimum Gasteiger partial charge on any atom is -0.496 e. The van der Waals surface area contributed by atoms with Crippen molar-refractivity contribution in [1.82, 2.24) is 10.2 Å². The Hall–Kier alpha value is -2.14. The van der Waals surface area contributed by atoms with Crippen LogP contribution in [-0.2, 0) is 17.9 Å². The first-order valence-electron chi connectivity index (χ1n) is 9.67. The fourth-order valence-corrected chi connectivity index (χ4v) is 6.00. The fraction of sp³-hybridized carbons (Fsp3) is 0.130. The lowest BCUT2D eigenvalue weighted by atomic mass is 10.1. The Balaban J connectivity index is 1.55. The van der Waals surface area contributed by atoms with Gasteiger partial charge < -0.3 is 19.2 Å². The van der Waals surface area contributed by atoms with E-state index in [0.29, 0.717) is 28.1 Å². The van der Waals surface area contributed by atoms with Crippen molar-refractivity contribution in [3.8, 4) is 11.5 Å². The molecule has 2 aromatic carbocycles. The molecule has 1 aliphatic rings. The Bertz CT molecular complexity index is 1220. The van der Waals surface area contributed by atoms with Gasteiger partial charge >= 0.3 is 0 Å². The third-order valence-electron chi connectivity index (χ3n) is 4.81. The Morgan fingerprint density at radius 1 is 1.15 bits per heavy atom. The quantitative estimate of drug-likeness (QED) is 0.234. The van der Waals surface area contributed by atoms with Crippen LogP contribution in [-0.4, -0.2) is 23.0 Å². The summed E-state index contributed by atoms with van der Waals surface area (Å²) in [5, 5.41) is 3.33. The molecule has 0 unspecified atom stereocenters. The van der Waals surface area contributed by atoms with Crippen LogP contribution in [0.3, 0.4) is 0 Å². The molecule has 0 aliphatic carbocycles. The molecule has 1 amide bonds. The maximum absolute atomic E-state index is 12.9. The highest BCUT2D eigenvalue weighted by Gasteiger charge is 2.31. The first-order chi connectivity index (χ1) is 15.9. The lowest BCUT2D eigenvalue weighted by molar-refractivity contribution is -0.122. The number of ether oxygens (including phenoxy) is 2. The Morgan fingerprint density at radius 3 is 2.58 bits per heavy atom. The molecule has 170 valence electrons. The molecule has 0 atom stereocenters. The molecule has 1 aromatic heterocycles. The van der Waals surface area contributed by atoms with E-state index in [-0.39, 0.29) is 19.1 Å². The number of furan rings is 1. The minimum atomic E-state index is -0.215. The third kappa shape index (κ3) is 5.51. The highest BCUT2D eigenvalue weighted by atomic mass is 79.9. The second-order valence-electron chi connectivity index (χ2n) is 7.02. The lowest BCUT2D eigenvalue weighted by Crippen LogP contribution is -2.29. The summed E-state index contributed by atoms with van der Waals surface area (Å²) in [5.41, 5.74) is 2.03. The molecule has 0 bridgehead atoms. The van der Waals surface area contributed by atoms with Gasteiger partial charge in [0.1, 0.15) is 29.6 Å². The summed E-state index contributed by atoms with van der Waals surface area (Å²) in [7, 11) is 1.61. The molecular formula is C23H17Br3N2O4S. The van der Waals surface area contributed by atoms with Crippen LogP contribution in [0, 0.1) is 0 Å². The van der Waals surface area contributed by atoms with Crippen molar-refractivity contribution in [3.63, 3.8) is 0 Å². The second-order valence-corrected chi connectivity index (χ2v) is 10.0. The molecule has 10 heteroatoms. The van der Waals surface area contributed by atoms with Crippen LogP contribution >= 0.6 is 60.0 Å². The summed E-state index contributed by atoms with van der Waals surface area (Å²) in [6, 6.07) is 13.0. The first kappa shape index (κ1) is 24.0. The topological polar surface area (TPSA) is 63.9 Å². The van der Waals surface area contributed by atoms with Gasteiger partial charge in [0.25, 0.3) is 5.91 Å². The monoisotopic (exact) mass is 654 g/mol. The smallest absolute Gasteiger partial charge is 0.276 e. The largest absolute Gasteiger partial charge is 0.496 e. The maximum Gasteiger partial charge on any atom is 0.276 e. The van der Waals surface area contributed by atoms with Gasteiger partial charge in [-0.05, 0) is 92.1 Å². The van der Waals surface area contributed by atoms with Crippen LogP contribution in [0.15, 0.2) is 72.3 Å². The number of methoxy groups -OCH3 is 1. The van der Waals surface area contributed by atoms with Gasteiger partial charge in [-0.25, -0.2) is 0 Å². The average molecular weight is 657 g/mol. The predicted octanol–water partition coefficient (Wildman–Crippen LogP) is 6.41. The number of carbonyl (C=O) groups is 1. The molecule has 6 nitrogen and oxygen atoms in total. The minimum absolute atomic E-state index is 0.215. The zero-order valence-corrected chi connectivity index (χ0v) is 22.8. The number of nitrogens with one attached hydrogen (secondary N) is 1. The van der Waals surface area contributed by atoms with Crippen molar-refractivity contribution in [3.05, 3.63) is 84.7 Å². The van der Waals surface area contributed by atoms with Gasteiger partial charge in [-0.1, -0.05) is 22.0 Å². The van der Waals surface area contributed by atoms with E-state index >= 15 is 0 Å². The van der Waals surface area contributed by atoms with Gasteiger partial charge in [0.05, 0.1) is 28.9 Å². The van der Waals surface area contributed by atoms with Crippen LogP contribution in [0.2, 0.25) is 0 Å². The van der Waals surface area contributed by atoms with Crippen molar-refractivity contribution in [1.29, 1.82) is 0 Å². The Morgan fingerprint density at radius 2 is 1.91 bits per heavy atom. The number of hydrogen-bond acceptors (Lipinski definition) is 5. The molecule has 1 aliphatic heterocycles. The van der Waals surface area contributed by atoms with E-state index in [4.69, 9.17) is 26.1 Å². The van der Waals surface area contributed by atoms with E-state index in [9.17, 15) is 4.79 Å². The number of rotatable bonds is 7.